The van der Waals surface area contributed by atoms with E-state index >= 15 is 0 Å². The summed E-state index contributed by atoms with van der Waals surface area (Å²) in [6.45, 7) is 2.83. The van der Waals surface area contributed by atoms with Crippen LogP contribution in [0.1, 0.15) is 71.9 Å². The first kappa shape index (κ1) is 29.9. The molecule has 3 aliphatic carbocycles. The summed E-state index contributed by atoms with van der Waals surface area (Å²) in [6.07, 6.45) is -1.09. The van der Waals surface area contributed by atoms with Gasteiger partial charge in [0.15, 0.2) is 0 Å². The quantitative estimate of drug-likeness (QED) is 0.471. The monoisotopic (exact) mass is 619 g/mol. The van der Waals surface area contributed by atoms with Crippen LogP contribution in [-0.4, -0.2) is 70.1 Å². The highest BCUT2D eigenvalue weighted by Gasteiger charge is 2.65. The number of alkyl halides is 3. The van der Waals surface area contributed by atoms with Crippen molar-refractivity contribution in [2.24, 2.45) is 17.8 Å². The minimum absolute atomic E-state index is 0.0151. The predicted molar refractivity (Wildman–Crippen MR) is 151 cm³/mol. The molecule has 2 aromatic rings. The zero-order chi connectivity index (χ0) is 30.8. The molecule has 2 unspecified atom stereocenters. The van der Waals surface area contributed by atoms with Gasteiger partial charge in [-0.15, -0.1) is 0 Å². The Balaban J connectivity index is 1.42. The molecule has 4 aliphatic rings. The number of carboxylic acids is 1. The lowest BCUT2D eigenvalue weighted by atomic mass is 9.78. The molecular weight excluding hydrogens is 587 g/mol. The van der Waals surface area contributed by atoms with E-state index in [0.29, 0.717) is 50.2 Å². The standard InChI is InChI=1S/C31H33ClF3N3O5/c1-16-12-17(6-8-20(16)29(41)42)26-21-9-7-18(27(39)37-14-19(15-37)43-2)13-24(21)38(36-26)28(40)25-22(4-3-5-23(25)32)30(10-11-30)31(33,34)35/h3-6,16,18-20H,7-15H2,1-2H3,(H,41,42)/t16-,18?,20?/m0/s1. The number of hydrogen-bond donors (Lipinski definition) is 1. The van der Waals surface area contributed by atoms with E-state index in [-0.39, 0.29) is 53.3 Å². The third-order valence-electron chi connectivity index (χ3n) is 9.81. The number of carboxylic acid groups (broad SMARTS) is 1. The maximum absolute atomic E-state index is 14.3. The first-order valence-corrected chi connectivity index (χ1v) is 15.0. The zero-order valence-electron chi connectivity index (χ0n) is 23.9. The second kappa shape index (κ2) is 10.8. The maximum atomic E-state index is 14.3. The smallest absolute Gasteiger partial charge is 0.398 e. The Morgan fingerprint density at radius 3 is 2.49 bits per heavy atom. The molecule has 12 heteroatoms. The van der Waals surface area contributed by atoms with Gasteiger partial charge in [-0.2, -0.15) is 23.0 Å². The molecule has 3 atom stereocenters. The van der Waals surface area contributed by atoms with Crippen molar-refractivity contribution in [2.45, 2.75) is 69.6 Å². The molecule has 1 saturated heterocycles. The summed E-state index contributed by atoms with van der Waals surface area (Å²) < 4.78 is 49.2. The number of carbonyl (C=O) groups is 3. The average Bonchev–Trinajstić information content (AvgIpc) is 3.67. The van der Waals surface area contributed by atoms with Gasteiger partial charge in [-0.3, -0.25) is 14.4 Å². The van der Waals surface area contributed by atoms with Gasteiger partial charge in [-0.25, -0.2) is 0 Å². The fourth-order valence-corrected chi connectivity index (χ4v) is 7.22. The highest BCUT2D eigenvalue weighted by atomic mass is 35.5. The van der Waals surface area contributed by atoms with E-state index in [1.807, 2.05) is 13.0 Å². The van der Waals surface area contributed by atoms with Crippen LogP contribution in [0.4, 0.5) is 13.2 Å². The van der Waals surface area contributed by atoms with Crippen LogP contribution < -0.4 is 0 Å². The number of halogens is 4. The molecule has 6 rings (SSSR count). The molecule has 8 nitrogen and oxygen atoms in total. The van der Waals surface area contributed by atoms with Gasteiger partial charge in [0.25, 0.3) is 5.91 Å². The first-order chi connectivity index (χ1) is 20.4. The van der Waals surface area contributed by atoms with Crippen molar-refractivity contribution in [1.29, 1.82) is 0 Å². The van der Waals surface area contributed by atoms with Crippen LogP contribution in [0.5, 0.6) is 0 Å². The molecule has 1 aromatic carbocycles. The van der Waals surface area contributed by atoms with Gasteiger partial charge in [-0.1, -0.05) is 36.7 Å². The lowest BCUT2D eigenvalue weighted by Gasteiger charge is -2.40. The molecule has 1 amide bonds. The molecule has 1 aromatic heterocycles. The van der Waals surface area contributed by atoms with Crippen molar-refractivity contribution >= 4 is 35.0 Å². The van der Waals surface area contributed by atoms with Crippen molar-refractivity contribution in [3.8, 4) is 0 Å². The number of aromatic nitrogens is 2. The van der Waals surface area contributed by atoms with Gasteiger partial charge >= 0.3 is 12.1 Å². The fraction of sp³-hybridized carbons (Fsp3) is 0.548. The number of fused-ring (bicyclic) bond motifs is 1. The van der Waals surface area contributed by atoms with Crippen molar-refractivity contribution in [3.05, 3.63) is 57.4 Å². The van der Waals surface area contributed by atoms with Crippen molar-refractivity contribution < 1.29 is 37.4 Å². The van der Waals surface area contributed by atoms with E-state index in [4.69, 9.17) is 21.4 Å². The molecular formula is C31H33ClF3N3O5. The van der Waals surface area contributed by atoms with Crippen LogP contribution in [0.25, 0.3) is 5.57 Å². The number of carbonyl (C=O) groups excluding carboxylic acids is 2. The van der Waals surface area contributed by atoms with Crippen LogP contribution in [0, 0.1) is 17.8 Å². The first-order valence-electron chi connectivity index (χ1n) is 14.6. The van der Waals surface area contributed by atoms with E-state index < -0.39 is 35.3 Å². The average molecular weight is 620 g/mol. The molecule has 230 valence electrons. The molecule has 1 N–H and O–H groups in total. The Kier molecular flexibility index (Phi) is 7.48. The third-order valence-corrected chi connectivity index (χ3v) is 10.1. The summed E-state index contributed by atoms with van der Waals surface area (Å²) in [4.78, 5) is 41.0. The SMILES string of the molecule is COC1CN(C(=O)C2CCc3c(C4=CCC(C(=O)O)[C@@H](C)C4)nn(C(=O)c4c(Cl)cccc4C4(C(F)(F)F)CC4)c3C2)C1. The fourth-order valence-electron chi connectivity index (χ4n) is 6.96. The number of amides is 1. The molecule has 1 aliphatic heterocycles. The minimum Gasteiger partial charge on any atom is -0.481 e. The van der Waals surface area contributed by atoms with Gasteiger partial charge < -0.3 is 14.7 Å². The van der Waals surface area contributed by atoms with E-state index in [1.165, 1.54) is 18.2 Å². The Morgan fingerprint density at radius 2 is 1.88 bits per heavy atom. The summed E-state index contributed by atoms with van der Waals surface area (Å²) in [5.41, 5.74) is 0.0775. The van der Waals surface area contributed by atoms with Crippen molar-refractivity contribution in [2.75, 3.05) is 20.2 Å². The number of rotatable bonds is 6. The van der Waals surface area contributed by atoms with Gasteiger partial charge in [-0.05, 0) is 61.6 Å². The third kappa shape index (κ3) is 4.98. The molecule has 43 heavy (non-hydrogen) atoms. The second-order valence-corrected chi connectivity index (χ2v) is 12.8. The number of likely N-dealkylation sites (tertiary alicyclic amines) is 1. The van der Waals surface area contributed by atoms with Crippen LogP contribution in [-0.2, 0) is 32.6 Å². The minimum atomic E-state index is -4.56. The zero-order valence-corrected chi connectivity index (χ0v) is 24.7. The lowest BCUT2D eigenvalue weighted by molar-refractivity contribution is -0.160. The van der Waals surface area contributed by atoms with Crippen molar-refractivity contribution in [3.63, 3.8) is 0 Å². The summed E-state index contributed by atoms with van der Waals surface area (Å²) >= 11 is 6.47. The number of benzene rings is 1. The van der Waals surface area contributed by atoms with E-state index in [2.05, 4.69) is 0 Å². The number of aliphatic carboxylic acids is 1. The van der Waals surface area contributed by atoms with Gasteiger partial charge in [0.1, 0.15) is 0 Å². The number of methoxy groups -OCH3 is 1. The number of hydrogen-bond acceptors (Lipinski definition) is 5. The van der Waals surface area contributed by atoms with Crippen LogP contribution in [0.15, 0.2) is 24.3 Å². The number of nitrogens with zero attached hydrogens (tertiary/aromatic N) is 3. The molecule has 2 fully saturated rings. The number of ether oxygens (including phenoxy) is 1. The molecule has 0 spiro atoms. The van der Waals surface area contributed by atoms with Gasteiger partial charge in [0.2, 0.25) is 5.91 Å². The Labute approximate surface area is 251 Å². The Hall–Kier alpha value is -3.18. The normalized spacial score (nSPS) is 25.0. The maximum Gasteiger partial charge on any atom is 0.398 e. The highest BCUT2D eigenvalue weighted by Crippen LogP contribution is 2.60. The second-order valence-electron chi connectivity index (χ2n) is 12.4. The molecule has 0 bridgehead atoms. The van der Waals surface area contributed by atoms with E-state index in [1.54, 1.807) is 12.0 Å². The van der Waals surface area contributed by atoms with Gasteiger partial charge in [0, 0.05) is 38.1 Å². The van der Waals surface area contributed by atoms with Crippen LogP contribution >= 0.6 is 11.6 Å². The predicted octanol–water partition coefficient (Wildman–Crippen LogP) is 5.30. The van der Waals surface area contributed by atoms with Crippen molar-refractivity contribution in [1.82, 2.24) is 14.7 Å². The van der Waals surface area contributed by atoms with Crippen LogP contribution in [0.2, 0.25) is 5.02 Å². The Bertz CT molecular complexity index is 1520. The number of allylic oxidation sites excluding steroid dienone is 2. The van der Waals surface area contributed by atoms with E-state index in [0.717, 1.165) is 15.8 Å². The summed E-state index contributed by atoms with van der Waals surface area (Å²) in [7, 11) is 1.60. The highest BCUT2D eigenvalue weighted by molar-refractivity contribution is 6.34. The summed E-state index contributed by atoms with van der Waals surface area (Å²) in [6, 6.07) is 4.14. The largest absolute Gasteiger partial charge is 0.481 e. The topological polar surface area (TPSA) is 102 Å². The van der Waals surface area contributed by atoms with E-state index in [9.17, 15) is 32.7 Å². The van der Waals surface area contributed by atoms with Crippen LogP contribution in [0.3, 0.4) is 0 Å². The lowest BCUT2D eigenvalue weighted by Crippen LogP contribution is -2.56. The summed E-state index contributed by atoms with van der Waals surface area (Å²) in [5, 5.41) is 14.2. The summed E-state index contributed by atoms with van der Waals surface area (Å²) in [5.74, 6) is -2.83. The Morgan fingerprint density at radius 1 is 1.16 bits per heavy atom. The molecule has 1 saturated carbocycles. The van der Waals surface area contributed by atoms with Gasteiger partial charge in [0.05, 0.1) is 39.4 Å². The molecule has 0 radical (unpaired) electrons. The molecule has 2 heterocycles.